The van der Waals surface area contributed by atoms with Crippen LogP contribution in [0.4, 0.5) is 10.1 Å². The minimum Gasteiger partial charge on any atom is -0.494 e. The van der Waals surface area contributed by atoms with E-state index in [1.807, 2.05) is 25.1 Å². The lowest BCUT2D eigenvalue weighted by Crippen LogP contribution is -2.22. The summed E-state index contributed by atoms with van der Waals surface area (Å²) in [5, 5.41) is 3.78. The monoisotopic (exact) mass is 360 g/mol. The molecule has 0 radical (unpaired) electrons. The molecule has 25 heavy (non-hydrogen) atoms. The van der Waals surface area contributed by atoms with E-state index in [9.17, 15) is 4.39 Å². The second kappa shape index (κ2) is 7.13. The van der Waals surface area contributed by atoms with E-state index in [1.54, 1.807) is 12.1 Å². The number of ether oxygens (including phenoxy) is 1. The van der Waals surface area contributed by atoms with E-state index >= 15 is 0 Å². The lowest BCUT2D eigenvalue weighted by atomic mass is 10.00. The number of nitrogens with one attached hydrogen (secondary N) is 2. The highest BCUT2D eigenvalue weighted by Crippen LogP contribution is 2.32. The minimum atomic E-state index is -0.469. The Labute approximate surface area is 150 Å². The molecular weight excluding hydrogens is 343 g/mol. The highest BCUT2D eigenvalue weighted by atomic mass is 35.5. The average Bonchev–Trinajstić information content (AvgIpc) is 2.80. The molecule has 5 nitrogen and oxygen atoms in total. The van der Waals surface area contributed by atoms with Crippen molar-refractivity contribution in [1.82, 2.24) is 5.43 Å². The van der Waals surface area contributed by atoms with Gasteiger partial charge < -0.3 is 15.5 Å². The molecule has 7 heteroatoms. The molecule has 130 valence electrons. The number of nitrogens with zero attached hydrogens (tertiary/aromatic N) is 1. The number of hydrogen-bond acceptors (Lipinski definition) is 5. The third-order valence-corrected chi connectivity index (χ3v) is 4.35. The summed E-state index contributed by atoms with van der Waals surface area (Å²) in [6.07, 6.45) is 0. The summed E-state index contributed by atoms with van der Waals surface area (Å²) in [6.45, 7) is 2.24. The van der Waals surface area contributed by atoms with Crippen molar-refractivity contribution in [1.29, 1.82) is 0 Å². The second-order valence-corrected chi connectivity index (χ2v) is 5.95. The van der Waals surface area contributed by atoms with Gasteiger partial charge in [0, 0.05) is 33.6 Å². The number of anilines is 1. The molecule has 1 aliphatic heterocycles. The first-order chi connectivity index (χ1) is 12.0. The fourth-order valence-corrected chi connectivity index (χ4v) is 2.85. The SMILES string of the molecule is COc1cc2c(cc1F)C(c1ccccc1Cl)=N/C(=C(\C)NN)CN2. The number of nitrogens with two attached hydrogens (primary N) is 1. The van der Waals surface area contributed by atoms with Crippen LogP contribution >= 0.6 is 11.6 Å². The number of aliphatic imine (C=N–C) groups is 1. The molecule has 0 unspecified atom stereocenters. The molecule has 0 bridgehead atoms. The number of halogens is 2. The van der Waals surface area contributed by atoms with Gasteiger partial charge in [-0.1, -0.05) is 29.8 Å². The molecule has 0 atom stereocenters. The maximum atomic E-state index is 14.3. The summed E-state index contributed by atoms with van der Waals surface area (Å²) in [6, 6.07) is 10.3. The van der Waals surface area contributed by atoms with E-state index in [1.165, 1.54) is 13.2 Å². The summed E-state index contributed by atoms with van der Waals surface area (Å²) >= 11 is 6.36. The van der Waals surface area contributed by atoms with E-state index in [4.69, 9.17) is 27.2 Å². The van der Waals surface area contributed by atoms with Crippen molar-refractivity contribution in [2.45, 2.75) is 6.92 Å². The van der Waals surface area contributed by atoms with Crippen LogP contribution in [0, 0.1) is 5.82 Å². The zero-order valence-corrected chi connectivity index (χ0v) is 14.6. The van der Waals surface area contributed by atoms with Crippen LogP contribution in [0.15, 0.2) is 52.8 Å². The third kappa shape index (κ3) is 3.31. The number of hydrazine groups is 1. The molecule has 0 fully saturated rings. The van der Waals surface area contributed by atoms with Crippen molar-refractivity contribution in [3.63, 3.8) is 0 Å². The normalized spacial score (nSPS) is 15.5. The number of rotatable bonds is 3. The lowest BCUT2D eigenvalue weighted by molar-refractivity contribution is 0.387. The van der Waals surface area contributed by atoms with Crippen molar-refractivity contribution >= 4 is 23.0 Å². The van der Waals surface area contributed by atoms with E-state index < -0.39 is 5.82 Å². The Morgan fingerprint density at radius 1 is 1.32 bits per heavy atom. The van der Waals surface area contributed by atoms with Gasteiger partial charge in [0.25, 0.3) is 0 Å². The predicted octanol–water partition coefficient (Wildman–Crippen LogP) is 3.45. The fourth-order valence-electron chi connectivity index (χ4n) is 2.62. The van der Waals surface area contributed by atoms with Crippen LogP contribution in [-0.2, 0) is 0 Å². The topological polar surface area (TPSA) is 71.7 Å². The number of allylic oxidation sites excluding steroid dienone is 1. The molecule has 4 N–H and O–H groups in total. The zero-order valence-electron chi connectivity index (χ0n) is 13.9. The van der Waals surface area contributed by atoms with Gasteiger partial charge in [0.15, 0.2) is 11.6 Å². The van der Waals surface area contributed by atoms with Gasteiger partial charge in [-0.2, -0.15) is 0 Å². The highest BCUT2D eigenvalue weighted by molar-refractivity contribution is 6.36. The molecule has 1 heterocycles. The van der Waals surface area contributed by atoms with Crippen LogP contribution in [0.2, 0.25) is 5.02 Å². The lowest BCUT2D eigenvalue weighted by Gasteiger charge is -2.13. The summed E-state index contributed by atoms with van der Waals surface area (Å²) in [5.74, 6) is 5.22. The number of benzene rings is 2. The van der Waals surface area contributed by atoms with Crippen LogP contribution in [0.1, 0.15) is 18.1 Å². The van der Waals surface area contributed by atoms with Crippen LogP contribution in [-0.4, -0.2) is 19.4 Å². The van der Waals surface area contributed by atoms with Gasteiger partial charge in [-0.3, -0.25) is 5.84 Å². The Kier molecular flexibility index (Phi) is 4.92. The molecule has 0 amide bonds. The maximum absolute atomic E-state index is 14.3. The predicted molar refractivity (Wildman–Crippen MR) is 98.6 cm³/mol. The molecule has 0 aliphatic carbocycles. The van der Waals surface area contributed by atoms with Crippen LogP contribution in [0.5, 0.6) is 5.75 Å². The van der Waals surface area contributed by atoms with Crippen molar-refractivity contribution < 1.29 is 9.13 Å². The largest absolute Gasteiger partial charge is 0.494 e. The Hall–Kier alpha value is -2.57. The smallest absolute Gasteiger partial charge is 0.165 e. The van der Waals surface area contributed by atoms with E-state index in [-0.39, 0.29) is 5.75 Å². The second-order valence-electron chi connectivity index (χ2n) is 5.54. The Morgan fingerprint density at radius 3 is 2.76 bits per heavy atom. The van der Waals surface area contributed by atoms with Gasteiger partial charge in [0.05, 0.1) is 25.1 Å². The standard InChI is InChI=1S/C18H18ClFN4O/c1-10(24-21)16-9-22-15-8-17(25-2)14(20)7-12(15)18(23-16)11-5-3-4-6-13(11)19/h3-8,22,24H,9,21H2,1-2H3/b16-10+. The number of benzodiazepines with no additional fused rings is 1. The van der Waals surface area contributed by atoms with Crippen LogP contribution < -0.4 is 21.3 Å². The van der Waals surface area contributed by atoms with Gasteiger partial charge in [-0.05, 0) is 19.1 Å². The van der Waals surface area contributed by atoms with Crippen LogP contribution in [0.3, 0.4) is 0 Å². The van der Waals surface area contributed by atoms with E-state index in [0.29, 0.717) is 45.5 Å². The fraction of sp³-hybridized carbons (Fsp3) is 0.167. The zero-order chi connectivity index (χ0) is 18.0. The Morgan fingerprint density at radius 2 is 2.08 bits per heavy atom. The summed E-state index contributed by atoms with van der Waals surface area (Å²) in [4.78, 5) is 4.71. The molecule has 0 saturated carbocycles. The van der Waals surface area contributed by atoms with Crippen molar-refractivity contribution in [2.24, 2.45) is 10.8 Å². The first-order valence-electron chi connectivity index (χ1n) is 7.67. The van der Waals surface area contributed by atoms with Crippen LogP contribution in [0.25, 0.3) is 0 Å². The summed E-state index contributed by atoms with van der Waals surface area (Å²) in [7, 11) is 1.43. The minimum absolute atomic E-state index is 0.158. The average molecular weight is 361 g/mol. The van der Waals surface area contributed by atoms with Gasteiger partial charge in [0.2, 0.25) is 0 Å². The van der Waals surface area contributed by atoms with E-state index in [0.717, 1.165) is 0 Å². The van der Waals surface area contributed by atoms with Gasteiger partial charge in [-0.25, -0.2) is 9.38 Å². The molecule has 0 saturated heterocycles. The number of methoxy groups -OCH3 is 1. The highest BCUT2D eigenvalue weighted by Gasteiger charge is 2.22. The molecule has 0 aromatic heterocycles. The molecule has 2 aromatic carbocycles. The third-order valence-electron chi connectivity index (χ3n) is 4.02. The van der Waals surface area contributed by atoms with Crippen molar-refractivity contribution in [2.75, 3.05) is 19.0 Å². The first-order valence-corrected chi connectivity index (χ1v) is 8.04. The van der Waals surface area contributed by atoms with Gasteiger partial charge in [-0.15, -0.1) is 0 Å². The molecule has 0 spiro atoms. The molecular formula is C18H18ClFN4O. The molecule has 3 rings (SSSR count). The molecule has 2 aromatic rings. The summed E-state index contributed by atoms with van der Waals surface area (Å²) < 4.78 is 19.4. The summed E-state index contributed by atoms with van der Waals surface area (Å²) in [5.41, 5.74) is 6.60. The Bertz CT molecular complexity index is 879. The van der Waals surface area contributed by atoms with Crippen molar-refractivity contribution in [3.8, 4) is 5.75 Å². The quantitative estimate of drug-likeness (QED) is 0.579. The number of hydrogen-bond donors (Lipinski definition) is 3. The maximum Gasteiger partial charge on any atom is 0.165 e. The molecule has 1 aliphatic rings. The van der Waals surface area contributed by atoms with Gasteiger partial charge >= 0.3 is 0 Å². The Balaban J connectivity index is 2.28. The van der Waals surface area contributed by atoms with E-state index in [2.05, 4.69) is 10.7 Å². The van der Waals surface area contributed by atoms with Crippen molar-refractivity contribution in [3.05, 3.63) is 69.8 Å². The van der Waals surface area contributed by atoms with Gasteiger partial charge in [0.1, 0.15) is 0 Å². The number of fused-ring (bicyclic) bond motifs is 1. The first kappa shape index (κ1) is 17.3.